The van der Waals surface area contributed by atoms with Crippen LogP contribution < -0.4 is 5.56 Å². The maximum atomic E-state index is 11.8. The van der Waals surface area contributed by atoms with Crippen molar-refractivity contribution in [2.24, 2.45) is 0 Å². The Hall–Kier alpha value is -1.16. The largest absolute Gasteiger partial charge is 0.295 e. The zero-order valence-electron chi connectivity index (χ0n) is 6.99. The molecular weight excluding hydrogens is 184 g/mol. The van der Waals surface area contributed by atoms with Gasteiger partial charge < -0.3 is 0 Å². The molecule has 0 aromatic carbocycles. The summed E-state index contributed by atoms with van der Waals surface area (Å²) in [5.74, 6) is 0.955. The first-order valence-electron chi connectivity index (χ1n) is 4.33. The van der Waals surface area contributed by atoms with Gasteiger partial charge in [-0.1, -0.05) is 0 Å². The zero-order chi connectivity index (χ0) is 8.84. The minimum atomic E-state index is 0.146. The second kappa shape index (κ2) is 2.42. The van der Waals surface area contributed by atoms with Crippen LogP contribution in [0.5, 0.6) is 0 Å². The highest BCUT2D eigenvalue weighted by atomic mass is 32.1. The van der Waals surface area contributed by atoms with E-state index in [-0.39, 0.29) is 5.56 Å². The third-order valence-corrected chi connectivity index (χ3v) is 3.32. The Kier molecular flexibility index (Phi) is 1.35. The Morgan fingerprint density at radius 3 is 3.38 bits per heavy atom. The van der Waals surface area contributed by atoms with Crippen LogP contribution >= 0.6 is 11.3 Å². The van der Waals surface area contributed by atoms with E-state index in [4.69, 9.17) is 0 Å². The van der Waals surface area contributed by atoms with Crippen LogP contribution in [-0.4, -0.2) is 9.55 Å². The van der Waals surface area contributed by atoms with Crippen molar-refractivity contribution >= 4 is 21.6 Å². The summed E-state index contributed by atoms with van der Waals surface area (Å²) < 4.78 is 2.60. The Morgan fingerprint density at radius 1 is 1.54 bits per heavy atom. The lowest BCUT2D eigenvalue weighted by Crippen LogP contribution is -2.19. The first-order chi connectivity index (χ1) is 6.36. The van der Waals surface area contributed by atoms with Crippen molar-refractivity contribution in [1.29, 1.82) is 0 Å². The van der Waals surface area contributed by atoms with Gasteiger partial charge in [0.25, 0.3) is 5.56 Å². The number of hydrogen-bond donors (Lipinski definition) is 0. The molecular formula is C9H8N2OS. The van der Waals surface area contributed by atoms with Crippen LogP contribution in [0.15, 0.2) is 16.2 Å². The smallest absolute Gasteiger partial charge is 0.271 e. The molecule has 0 atom stereocenters. The normalized spacial score (nSPS) is 15.1. The SMILES string of the molecule is O=c1c2sccc2nc2n1CCC2. The van der Waals surface area contributed by atoms with Gasteiger partial charge in [0.15, 0.2) is 0 Å². The summed E-state index contributed by atoms with van der Waals surface area (Å²) in [6, 6.07) is 1.92. The van der Waals surface area contributed by atoms with Crippen molar-refractivity contribution in [3.8, 4) is 0 Å². The minimum absolute atomic E-state index is 0.146. The van der Waals surface area contributed by atoms with Gasteiger partial charge >= 0.3 is 0 Å². The standard InChI is InChI=1S/C9H8N2OS/c12-9-8-6(3-5-13-8)10-7-2-1-4-11(7)9/h3,5H,1-2,4H2. The zero-order valence-corrected chi connectivity index (χ0v) is 7.80. The Morgan fingerprint density at radius 2 is 2.46 bits per heavy atom. The van der Waals surface area contributed by atoms with E-state index in [0.717, 1.165) is 35.4 Å². The summed E-state index contributed by atoms with van der Waals surface area (Å²) in [7, 11) is 0. The molecule has 0 spiro atoms. The van der Waals surface area contributed by atoms with Crippen molar-refractivity contribution in [3.05, 3.63) is 27.6 Å². The van der Waals surface area contributed by atoms with Crippen LogP contribution in [0.25, 0.3) is 10.2 Å². The van der Waals surface area contributed by atoms with Gasteiger partial charge in [-0.15, -0.1) is 11.3 Å². The average Bonchev–Trinajstić information content (AvgIpc) is 2.71. The predicted molar refractivity (Wildman–Crippen MR) is 52.2 cm³/mol. The minimum Gasteiger partial charge on any atom is -0.295 e. The molecule has 3 rings (SSSR count). The van der Waals surface area contributed by atoms with Crippen LogP contribution in [0.4, 0.5) is 0 Å². The number of aromatic nitrogens is 2. The highest BCUT2D eigenvalue weighted by Crippen LogP contribution is 2.18. The predicted octanol–water partition coefficient (Wildman–Crippen LogP) is 1.40. The van der Waals surface area contributed by atoms with E-state index in [9.17, 15) is 4.79 Å². The third-order valence-electron chi connectivity index (χ3n) is 2.43. The quantitative estimate of drug-likeness (QED) is 0.632. The second-order valence-electron chi connectivity index (χ2n) is 3.22. The molecule has 0 amide bonds. The fourth-order valence-electron chi connectivity index (χ4n) is 1.81. The first kappa shape index (κ1) is 7.26. The average molecular weight is 192 g/mol. The molecule has 0 unspecified atom stereocenters. The molecule has 0 N–H and O–H groups in total. The van der Waals surface area contributed by atoms with E-state index in [0.29, 0.717) is 0 Å². The Labute approximate surface area is 78.7 Å². The summed E-state index contributed by atoms with van der Waals surface area (Å²) in [5, 5.41) is 1.93. The fourth-order valence-corrected chi connectivity index (χ4v) is 2.58. The number of rotatable bonds is 0. The molecule has 0 bridgehead atoms. The molecule has 0 radical (unpaired) electrons. The van der Waals surface area contributed by atoms with Crippen molar-refractivity contribution in [3.63, 3.8) is 0 Å². The van der Waals surface area contributed by atoms with Crippen molar-refractivity contribution in [2.45, 2.75) is 19.4 Å². The summed E-state index contributed by atoms with van der Waals surface area (Å²) >= 11 is 1.48. The second-order valence-corrected chi connectivity index (χ2v) is 4.14. The maximum Gasteiger partial charge on any atom is 0.271 e. The monoisotopic (exact) mass is 192 g/mol. The van der Waals surface area contributed by atoms with E-state index in [1.54, 1.807) is 4.57 Å². The summed E-state index contributed by atoms with van der Waals surface area (Å²) in [4.78, 5) is 16.3. The highest BCUT2D eigenvalue weighted by molar-refractivity contribution is 7.17. The van der Waals surface area contributed by atoms with Crippen molar-refractivity contribution in [2.75, 3.05) is 0 Å². The molecule has 0 aliphatic carbocycles. The van der Waals surface area contributed by atoms with Crippen LogP contribution in [0, 0.1) is 0 Å². The number of aryl methyl sites for hydroxylation is 1. The van der Waals surface area contributed by atoms with Crippen LogP contribution in [-0.2, 0) is 13.0 Å². The van der Waals surface area contributed by atoms with E-state index >= 15 is 0 Å². The molecule has 0 saturated carbocycles. The summed E-state index contributed by atoms with van der Waals surface area (Å²) in [6.45, 7) is 0.842. The van der Waals surface area contributed by atoms with Gasteiger partial charge in [0.1, 0.15) is 10.5 Å². The molecule has 13 heavy (non-hydrogen) atoms. The molecule has 0 saturated heterocycles. The maximum absolute atomic E-state index is 11.8. The van der Waals surface area contributed by atoms with Crippen molar-refractivity contribution in [1.82, 2.24) is 9.55 Å². The number of thiophene rings is 1. The van der Waals surface area contributed by atoms with Gasteiger partial charge in [0.05, 0.1) is 5.52 Å². The van der Waals surface area contributed by atoms with Crippen LogP contribution in [0.1, 0.15) is 12.2 Å². The van der Waals surface area contributed by atoms with Gasteiger partial charge in [0, 0.05) is 13.0 Å². The summed E-state index contributed by atoms with van der Waals surface area (Å²) in [5.41, 5.74) is 1.01. The summed E-state index contributed by atoms with van der Waals surface area (Å²) in [6.07, 6.45) is 2.00. The van der Waals surface area contributed by atoms with E-state index < -0.39 is 0 Å². The van der Waals surface area contributed by atoms with E-state index in [2.05, 4.69) is 4.98 Å². The molecule has 1 aliphatic rings. The topological polar surface area (TPSA) is 34.9 Å². The molecule has 3 nitrogen and oxygen atoms in total. The van der Waals surface area contributed by atoms with Crippen LogP contribution in [0.3, 0.4) is 0 Å². The van der Waals surface area contributed by atoms with Gasteiger partial charge in [-0.05, 0) is 17.9 Å². The van der Waals surface area contributed by atoms with Gasteiger partial charge in [0.2, 0.25) is 0 Å². The lowest BCUT2D eigenvalue weighted by molar-refractivity contribution is 0.720. The van der Waals surface area contributed by atoms with Crippen LogP contribution in [0.2, 0.25) is 0 Å². The van der Waals surface area contributed by atoms with Gasteiger partial charge in [-0.25, -0.2) is 4.98 Å². The van der Waals surface area contributed by atoms with Crippen molar-refractivity contribution < 1.29 is 0 Å². The molecule has 66 valence electrons. The van der Waals surface area contributed by atoms with E-state index in [1.807, 2.05) is 11.4 Å². The molecule has 1 aliphatic heterocycles. The molecule has 0 fully saturated rings. The Bertz CT molecular complexity index is 526. The van der Waals surface area contributed by atoms with Gasteiger partial charge in [-0.2, -0.15) is 0 Å². The van der Waals surface area contributed by atoms with Gasteiger partial charge in [-0.3, -0.25) is 9.36 Å². The molecule has 4 heteroatoms. The van der Waals surface area contributed by atoms with E-state index in [1.165, 1.54) is 11.3 Å². The molecule has 3 heterocycles. The lowest BCUT2D eigenvalue weighted by Gasteiger charge is -2.00. The first-order valence-corrected chi connectivity index (χ1v) is 5.21. The number of fused-ring (bicyclic) bond motifs is 2. The molecule has 2 aromatic heterocycles. The highest BCUT2D eigenvalue weighted by Gasteiger charge is 2.15. The lowest BCUT2D eigenvalue weighted by atomic mass is 10.3. The fraction of sp³-hybridized carbons (Fsp3) is 0.333. The third kappa shape index (κ3) is 0.891. The molecule has 2 aromatic rings. The number of hydrogen-bond acceptors (Lipinski definition) is 3. The number of nitrogens with zero attached hydrogens (tertiary/aromatic N) is 2. The Balaban J connectivity index is 2.53.